The lowest BCUT2D eigenvalue weighted by Gasteiger charge is -2.18. The van der Waals surface area contributed by atoms with Gasteiger partial charge in [0.25, 0.3) is 5.91 Å². The summed E-state index contributed by atoms with van der Waals surface area (Å²) in [6.07, 6.45) is 0.158. The molecule has 2 aromatic heterocycles. The van der Waals surface area contributed by atoms with E-state index in [1.165, 1.54) is 19.4 Å². The number of benzene rings is 1. The predicted octanol–water partition coefficient (Wildman–Crippen LogP) is 1.79. The number of nitrogens with zero attached hydrogens (tertiary/aromatic N) is 4. The SMILES string of the molecule is CC(C)N(C)C.COc1c(Nc2cc(NC(=O)C3CC3)nnc2C(=O)NC(O)(O)O)cccc1-c1ncc(C=O)s1. The van der Waals surface area contributed by atoms with Gasteiger partial charge in [0.15, 0.2) is 23.5 Å². The lowest BCUT2D eigenvalue weighted by atomic mass is 10.1. The Morgan fingerprint density at radius 3 is 2.39 bits per heavy atom. The van der Waals surface area contributed by atoms with Crippen LogP contribution < -0.4 is 20.7 Å². The molecule has 14 nitrogen and oxygen atoms in total. The van der Waals surface area contributed by atoms with E-state index in [-0.39, 0.29) is 23.3 Å². The third-order valence-electron chi connectivity index (χ3n) is 5.88. The van der Waals surface area contributed by atoms with Crippen LogP contribution in [0.3, 0.4) is 0 Å². The number of rotatable bonds is 10. The summed E-state index contributed by atoms with van der Waals surface area (Å²) in [4.78, 5) is 42.5. The molecule has 1 saturated carbocycles. The summed E-state index contributed by atoms with van der Waals surface area (Å²) in [6, 6.07) is 7.07. The molecule has 0 saturated heterocycles. The van der Waals surface area contributed by atoms with Crippen LogP contribution in [0.15, 0.2) is 30.5 Å². The van der Waals surface area contributed by atoms with Gasteiger partial charge in [0.1, 0.15) is 5.01 Å². The quantitative estimate of drug-likeness (QED) is 0.149. The van der Waals surface area contributed by atoms with Crippen LogP contribution in [-0.4, -0.2) is 86.8 Å². The number of hydrogen-bond acceptors (Lipinski definition) is 13. The molecule has 220 valence electrons. The Morgan fingerprint density at radius 2 is 1.85 bits per heavy atom. The molecular weight excluding hydrogens is 554 g/mol. The van der Waals surface area contributed by atoms with Gasteiger partial charge in [-0.25, -0.2) is 4.98 Å². The molecule has 2 amide bonds. The van der Waals surface area contributed by atoms with E-state index >= 15 is 0 Å². The van der Waals surface area contributed by atoms with Crippen molar-refractivity contribution in [1.82, 2.24) is 25.4 Å². The molecule has 0 atom stereocenters. The van der Waals surface area contributed by atoms with Crippen LogP contribution in [0.25, 0.3) is 10.6 Å². The Labute approximate surface area is 240 Å². The fourth-order valence-electron chi connectivity index (χ4n) is 3.14. The van der Waals surface area contributed by atoms with E-state index in [1.807, 2.05) is 0 Å². The highest BCUT2D eigenvalue weighted by molar-refractivity contribution is 7.16. The maximum absolute atomic E-state index is 12.5. The zero-order chi connectivity index (χ0) is 30.3. The largest absolute Gasteiger partial charge is 0.494 e. The highest BCUT2D eigenvalue weighted by Crippen LogP contribution is 2.40. The first-order valence-electron chi connectivity index (χ1n) is 12.5. The summed E-state index contributed by atoms with van der Waals surface area (Å²) in [5, 5.41) is 42.7. The number of thiazole rings is 1. The average molecular weight is 588 g/mol. The normalized spacial score (nSPS) is 12.8. The summed E-state index contributed by atoms with van der Waals surface area (Å²) in [7, 11) is 5.57. The third kappa shape index (κ3) is 8.99. The number of nitrogens with one attached hydrogen (secondary N) is 3. The molecule has 0 unspecified atom stereocenters. The van der Waals surface area contributed by atoms with Gasteiger partial charge in [-0.3, -0.25) is 19.7 Å². The molecule has 0 radical (unpaired) electrons. The monoisotopic (exact) mass is 587 g/mol. The summed E-state index contributed by atoms with van der Waals surface area (Å²) >= 11 is 1.16. The number of amides is 2. The molecule has 1 aliphatic rings. The molecule has 1 fully saturated rings. The van der Waals surface area contributed by atoms with Gasteiger partial charge < -0.3 is 35.6 Å². The number of aromatic nitrogens is 3. The van der Waals surface area contributed by atoms with E-state index < -0.39 is 17.7 Å². The number of para-hydroxylation sites is 1. The van der Waals surface area contributed by atoms with Crippen molar-refractivity contribution in [3.05, 3.63) is 41.0 Å². The van der Waals surface area contributed by atoms with Crippen LogP contribution in [0.1, 0.15) is 46.8 Å². The molecule has 41 heavy (non-hydrogen) atoms. The fraction of sp³-hybridized carbons (Fsp3) is 0.385. The van der Waals surface area contributed by atoms with Crippen LogP contribution in [0, 0.1) is 5.92 Å². The van der Waals surface area contributed by atoms with Crippen molar-refractivity contribution in [2.24, 2.45) is 5.92 Å². The fourth-order valence-corrected chi connectivity index (χ4v) is 3.89. The third-order valence-corrected chi connectivity index (χ3v) is 6.84. The number of anilines is 3. The minimum atomic E-state index is -3.49. The first-order chi connectivity index (χ1) is 19.3. The molecule has 0 aliphatic heterocycles. The van der Waals surface area contributed by atoms with Crippen LogP contribution in [0.5, 0.6) is 5.75 Å². The molecule has 1 aromatic carbocycles. The number of carbonyl (C=O) groups excluding carboxylic acids is 3. The summed E-state index contributed by atoms with van der Waals surface area (Å²) in [6.45, 7) is 4.33. The molecule has 0 spiro atoms. The van der Waals surface area contributed by atoms with Crippen molar-refractivity contribution in [2.75, 3.05) is 31.8 Å². The lowest BCUT2D eigenvalue weighted by molar-refractivity contribution is -0.323. The number of aldehydes is 1. The molecule has 2 heterocycles. The van der Waals surface area contributed by atoms with E-state index in [0.717, 1.165) is 24.2 Å². The van der Waals surface area contributed by atoms with Crippen molar-refractivity contribution in [3.63, 3.8) is 0 Å². The van der Waals surface area contributed by atoms with Gasteiger partial charge in [0.2, 0.25) is 5.91 Å². The summed E-state index contributed by atoms with van der Waals surface area (Å²) in [5.74, 6) is -1.14. The maximum Gasteiger partial charge on any atom is 0.369 e. The molecule has 15 heteroatoms. The number of ether oxygens (including phenoxy) is 1. The smallest absolute Gasteiger partial charge is 0.369 e. The van der Waals surface area contributed by atoms with Gasteiger partial charge >= 0.3 is 6.10 Å². The second kappa shape index (κ2) is 13.6. The molecule has 0 bridgehead atoms. The Hall–Kier alpha value is -4.02. The second-order valence-electron chi connectivity index (χ2n) is 9.60. The molecule has 4 rings (SSSR count). The maximum atomic E-state index is 12.5. The van der Waals surface area contributed by atoms with E-state index in [4.69, 9.17) is 20.1 Å². The van der Waals surface area contributed by atoms with Crippen LogP contribution in [-0.2, 0) is 4.79 Å². The lowest BCUT2D eigenvalue weighted by Crippen LogP contribution is -2.48. The van der Waals surface area contributed by atoms with Gasteiger partial charge in [-0.15, -0.1) is 21.5 Å². The molecule has 6 N–H and O–H groups in total. The first-order valence-corrected chi connectivity index (χ1v) is 13.3. The number of hydrogen-bond donors (Lipinski definition) is 6. The number of aliphatic hydroxyl groups is 3. The van der Waals surface area contributed by atoms with E-state index in [9.17, 15) is 14.4 Å². The van der Waals surface area contributed by atoms with Crippen LogP contribution in [0.4, 0.5) is 17.2 Å². The minimum Gasteiger partial charge on any atom is -0.494 e. The Morgan fingerprint density at radius 1 is 1.17 bits per heavy atom. The minimum absolute atomic E-state index is 0.0102. The van der Waals surface area contributed by atoms with Gasteiger partial charge in [-0.2, -0.15) is 0 Å². The van der Waals surface area contributed by atoms with Crippen molar-refractivity contribution in [1.29, 1.82) is 0 Å². The van der Waals surface area contributed by atoms with Crippen molar-refractivity contribution < 1.29 is 34.4 Å². The first kappa shape index (κ1) is 31.5. The second-order valence-corrected chi connectivity index (χ2v) is 10.7. The Balaban J connectivity index is 0.000000696. The van der Waals surface area contributed by atoms with E-state index in [0.29, 0.717) is 39.2 Å². The molecular formula is C26H33N7O7S. The van der Waals surface area contributed by atoms with Gasteiger partial charge in [-0.05, 0) is 52.9 Å². The zero-order valence-electron chi connectivity index (χ0n) is 23.2. The summed E-state index contributed by atoms with van der Waals surface area (Å²) < 4.78 is 5.55. The number of methoxy groups -OCH3 is 1. The molecule has 1 aliphatic carbocycles. The molecule has 3 aromatic rings. The van der Waals surface area contributed by atoms with Crippen LogP contribution in [0.2, 0.25) is 0 Å². The Bertz CT molecular complexity index is 1380. The van der Waals surface area contributed by atoms with Crippen molar-refractivity contribution in [3.8, 4) is 16.3 Å². The topological polar surface area (TPSA) is 199 Å². The summed E-state index contributed by atoms with van der Waals surface area (Å²) in [5.41, 5.74) is 0.514. The predicted molar refractivity (Wildman–Crippen MR) is 152 cm³/mol. The highest BCUT2D eigenvalue weighted by atomic mass is 32.1. The van der Waals surface area contributed by atoms with Gasteiger partial charge in [0.05, 0.1) is 28.9 Å². The van der Waals surface area contributed by atoms with E-state index in [2.05, 4.69) is 58.7 Å². The van der Waals surface area contributed by atoms with Crippen molar-refractivity contribution in [2.45, 2.75) is 38.8 Å². The van der Waals surface area contributed by atoms with Gasteiger partial charge in [-0.1, -0.05) is 6.07 Å². The van der Waals surface area contributed by atoms with Crippen molar-refractivity contribution >= 4 is 46.6 Å². The van der Waals surface area contributed by atoms with Gasteiger partial charge in [0, 0.05) is 24.2 Å². The van der Waals surface area contributed by atoms with Crippen LogP contribution >= 0.6 is 11.3 Å². The highest BCUT2D eigenvalue weighted by Gasteiger charge is 2.31. The standard InChI is InChI=1S/C21H20N6O7S.C5H13N/c1-34-17-12(20-22-8-11(9-28)35-20)3-2-4-13(17)23-14-7-15(24-18(29)10-5-6-10)26-27-16(14)19(30)25-21(31,32)33;1-5(2)6(3)4/h2-4,7-10,31-33H,5-6H2,1H3,(H,25,30)(H2,23,24,26,29);5H,1-4H3. The zero-order valence-corrected chi connectivity index (χ0v) is 24.0. The Kier molecular flexibility index (Phi) is 10.4. The average Bonchev–Trinajstić information content (AvgIpc) is 3.65. The number of carbonyl (C=O) groups is 3. The van der Waals surface area contributed by atoms with E-state index in [1.54, 1.807) is 23.5 Å².